The Kier molecular flexibility index (Phi) is 2.39. The second kappa shape index (κ2) is 3.26. The highest BCUT2D eigenvalue weighted by Gasteiger charge is 2.30. The molecule has 0 radical (unpaired) electrons. The fourth-order valence-corrected chi connectivity index (χ4v) is 3.98. The fraction of sp³-hybridized carbons (Fsp3) is 0.500. The fourth-order valence-electron chi connectivity index (χ4n) is 2.18. The zero-order valence-electron chi connectivity index (χ0n) is 8.18. The summed E-state index contributed by atoms with van der Waals surface area (Å²) in [6, 6.07) is 8.87. The third-order valence-electron chi connectivity index (χ3n) is 2.79. The predicted octanol–water partition coefficient (Wildman–Crippen LogP) is 4.14. The minimum atomic E-state index is 0.486. The molecule has 0 saturated heterocycles. The molecule has 1 aromatic rings. The molecule has 1 aromatic carbocycles. The lowest BCUT2D eigenvalue weighted by molar-refractivity contribution is 0.316. The van der Waals surface area contributed by atoms with Crippen molar-refractivity contribution in [2.75, 3.05) is 0 Å². The van der Waals surface area contributed by atoms with Gasteiger partial charge in [-0.05, 0) is 29.4 Å². The van der Waals surface area contributed by atoms with Gasteiger partial charge in [-0.3, -0.25) is 0 Å². The van der Waals surface area contributed by atoms with Gasteiger partial charge in [-0.1, -0.05) is 60.7 Å². The molecule has 13 heavy (non-hydrogen) atoms. The average Bonchev–Trinajstić information content (AvgIpc) is 2.02. The van der Waals surface area contributed by atoms with Gasteiger partial charge < -0.3 is 0 Å². The second-order valence-electron chi connectivity index (χ2n) is 4.71. The molecule has 1 unspecified atom stereocenters. The molecule has 0 saturated carbocycles. The van der Waals surface area contributed by atoms with Crippen LogP contribution in [0.15, 0.2) is 24.3 Å². The maximum atomic E-state index is 2.57. The number of alkyl halides is 1. The van der Waals surface area contributed by atoms with Crippen molar-refractivity contribution in [3.05, 3.63) is 35.4 Å². The maximum Gasteiger partial charge on any atom is 0.0367 e. The number of fused-ring (bicyclic) bond motifs is 1. The third kappa shape index (κ3) is 1.90. The van der Waals surface area contributed by atoms with E-state index in [1.54, 1.807) is 11.1 Å². The largest absolute Gasteiger partial charge is 0.0774 e. The molecule has 0 nitrogen and oxygen atoms in total. The van der Waals surface area contributed by atoms with E-state index in [0.717, 1.165) is 0 Å². The molecule has 0 spiro atoms. The summed E-state index contributed by atoms with van der Waals surface area (Å²) in [4.78, 5) is 0. The van der Waals surface area contributed by atoms with E-state index in [4.69, 9.17) is 0 Å². The van der Waals surface area contributed by atoms with Crippen LogP contribution in [0.4, 0.5) is 0 Å². The van der Waals surface area contributed by atoms with Crippen LogP contribution >= 0.6 is 22.6 Å². The molecule has 1 aliphatic carbocycles. The predicted molar refractivity (Wildman–Crippen MR) is 65.3 cm³/mol. The molecule has 0 heterocycles. The third-order valence-corrected chi connectivity index (χ3v) is 3.90. The van der Waals surface area contributed by atoms with Gasteiger partial charge in [0.1, 0.15) is 0 Å². The lowest BCUT2D eigenvalue weighted by Gasteiger charge is -2.34. The van der Waals surface area contributed by atoms with Gasteiger partial charge in [0.25, 0.3) is 0 Å². The van der Waals surface area contributed by atoms with Crippen molar-refractivity contribution in [3.8, 4) is 0 Å². The van der Waals surface area contributed by atoms with Crippen LogP contribution in [0.2, 0.25) is 0 Å². The summed E-state index contributed by atoms with van der Waals surface area (Å²) in [6.45, 7) is 4.74. The highest BCUT2D eigenvalue weighted by molar-refractivity contribution is 14.1. The molecule has 0 aromatic heterocycles. The SMILES string of the molecule is CC1(C)Cc2ccccc2C(I)C1. The number of rotatable bonds is 0. The molecule has 0 fully saturated rings. The number of benzene rings is 1. The van der Waals surface area contributed by atoms with E-state index in [9.17, 15) is 0 Å². The molecule has 1 atom stereocenters. The van der Waals surface area contributed by atoms with Gasteiger partial charge in [0.15, 0.2) is 0 Å². The molecule has 1 aliphatic rings. The van der Waals surface area contributed by atoms with E-state index in [1.165, 1.54) is 12.8 Å². The van der Waals surface area contributed by atoms with E-state index in [0.29, 0.717) is 9.34 Å². The van der Waals surface area contributed by atoms with Gasteiger partial charge in [0.05, 0.1) is 0 Å². The van der Waals surface area contributed by atoms with Crippen molar-refractivity contribution < 1.29 is 0 Å². The Balaban J connectivity index is 2.43. The molecule has 0 amide bonds. The van der Waals surface area contributed by atoms with Crippen LogP contribution in [0.25, 0.3) is 0 Å². The van der Waals surface area contributed by atoms with Crippen molar-refractivity contribution >= 4 is 22.6 Å². The Bertz CT molecular complexity index is 315. The average molecular weight is 286 g/mol. The summed E-state index contributed by atoms with van der Waals surface area (Å²) in [6.07, 6.45) is 2.55. The minimum Gasteiger partial charge on any atom is -0.0774 e. The number of halogens is 1. The minimum absolute atomic E-state index is 0.486. The van der Waals surface area contributed by atoms with Gasteiger partial charge in [0.2, 0.25) is 0 Å². The highest BCUT2D eigenvalue weighted by atomic mass is 127. The Morgan fingerprint density at radius 2 is 2.00 bits per heavy atom. The van der Waals surface area contributed by atoms with E-state index in [2.05, 4.69) is 60.7 Å². The topological polar surface area (TPSA) is 0 Å². The van der Waals surface area contributed by atoms with Gasteiger partial charge in [0, 0.05) is 3.92 Å². The van der Waals surface area contributed by atoms with Crippen LogP contribution in [0.1, 0.15) is 35.3 Å². The maximum absolute atomic E-state index is 2.57. The molecule has 0 aliphatic heterocycles. The first kappa shape index (κ1) is 9.50. The summed E-state index contributed by atoms with van der Waals surface area (Å²) in [5.74, 6) is 0. The van der Waals surface area contributed by atoms with Crippen LogP contribution in [-0.4, -0.2) is 0 Å². The van der Waals surface area contributed by atoms with Gasteiger partial charge in [-0.2, -0.15) is 0 Å². The van der Waals surface area contributed by atoms with E-state index >= 15 is 0 Å². The zero-order chi connectivity index (χ0) is 9.47. The first-order chi connectivity index (χ1) is 6.08. The summed E-state index contributed by atoms with van der Waals surface area (Å²) >= 11 is 2.57. The highest BCUT2D eigenvalue weighted by Crippen LogP contribution is 2.44. The number of hydrogen-bond acceptors (Lipinski definition) is 0. The van der Waals surface area contributed by atoms with Crippen molar-refractivity contribution in [2.24, 2.45) is 5.41 Å². The summed E-state index contributed by atoms with van der Waals surface area (Å²) in [5, 5.41) is 0. The quantitative estimate of drug-likeness (QED) is 0.497. The molecule has 1 heteroatoms. The zero-order valence-corrected chi connectivity index (χ0v) is 10.3. The van der Waals surface area contributed by atoms with Crippen LogP contribution in [0, 0.1) is 5.41 Å². The Morgan fingerprint density at radius 1 is 1.31 bits per heavy atom. The van der Waals surface area contributed by atoms with E-state index < -0.39 is 0 Å². The van der Waals surface area contributed by atoms with E-state index in [1.807, 2.05) is 0 Å². The first-order valence-corrected chi connectivity index (χ1v) is 6.05. The van der Waals surface area contributed by atoms with Gasteiger partial charge >= 0.3 is 0 Å². The van der Waals surface area contributed by atoms with Crippen molar-refractivity contribution in [2.45, 2.75) is 30.6 Å². The van der Waals surface area contributed by atoms with Crippen LogP contribution in [0.5, 0.6) is 0 Å². The Labute approximate surface area is 93.9 Å². The van der Waals surface area contributed by atoms with Gasteiger partial charge in [-0.25, -0.2) is 0 Å². The second-order valence-corrected chi connectivity index (χ2v) is 6.22. The monoisotopic (exact) mass is 286 g/mol. The Morgan fingerprint density at radius 3 is 2.77 bits per heavy atom. The standard InChI is InChI=1S/C12H15I/c1-12(2)7-9-5-3-4-6-10(9)11(13)8-12/h3-6,11H,7-8H2,1-2H3. The van der Waals surface area contributed by atoms with E-state index in [-0.39, 0.29) is 0 Å². The molecule has 70 valence electrons. The summed E-state index contributed by atoms with van der Waals surface area (Å²) < 4.78 is 0.706. The van der Waals surface area contributed by atoms with Crippen molar-refractivity contribution in [1.29, 1.82) is 0 Å². The van der Waals surface area contributed by atoms with Crippen molar-refractivity contribution in [1.82, 2.24) is 0 Å². The molecule has 0 N–H and O–H groups in total. The molecule has 0 bridgehead atoms. The molecular weight excluding hydrogens is 271 g/mol. The summed E-state index contributed by atoms with van der Waals surface area (Å²) in [5.41, 5.74) is 3.60. The lowest BCUT2D eigenvalue weighted by atomic mass is 9.74. The lowest BCUT2D eigenvalue weighted by Crippen LogP contribution is -2.23. The smallest absolute Gasteiger partial charge is 0.0367 e. The van der Waals surface area contributed by atoms with Crippen LogP contribution in [-0.2, 0) is 6.42 Å². The van der Waals surface area contributed by atoms with Crippen LogP contribution < -0.4 is 0 Å². The number of hydrogen-bond donors (Lipinski definition) is 0. The Hall–Kier alpha value is -0.0500. The molecular formula is C12H15I. The van der Waals surface area contributed by atoms with Gasteiger partial charge in [-0.15, -0.1) is 0 Å². The summed E-state index contributed by atoms with van der Waals surface area (Å²) in [7, 11) is 0. The van der Waals surface area contributed by atoms with Crippen LogP contribution in [0.3, 0.4) is 0 Å². The first-order valence-electron chi connectivity index (χ1n) is 4.80. The van der Waals surface area contributed by atoms with Crippen molar-refractivity contribution in [3.63, 3.8) is 0 Å². The molecule has 2 rings (SSSR count). The normalized spacial score (nSPS) is 25.3.